The highest BCUT2D eigenvalue weighted by Gasteiger charge is 2.39. The number of halogens is 1. The standard InChI is InChI=1S/C22H22ClNO5/c1-22(2)15-8-12(29-10-18(27)17(26)9-25)4-5-13(15)20(28)19-14-7-11(23)3-6-16(14)24-21(19)22/h3-8,17-18,24-27H,9-10H2,1-2H3. The van der Waals surface area contributed by atoms with Crippen molar-refractivity contribution < 1.29 is 24.9 Å². The zero-order valence-electron chi connectivity index (χ0n) is 16.1. The van der Waals surface area contributed by atoms with Crippen molar-refractivity contribution in [2.24, 2.45) is 0 Å². The number of aromatic amines is 1. The van der Waals surface area contributed by atoms with Gasteiger partial charge in [0.1, 0.15) is 24.6 Å². The summed E-state index contributed by atoms with van der Waals surface area (Å²) in [5.41, 5.74) is 3.21. The molecule has 4 N–H and O–H groups in total. The SMILES string of the molecule is CC1(C)c2cc(OCC(O)C(O)CO)ccc2C(=O)c2c1[nH]c1ccc(Cl)cc21. The Morgan fingerprint density at radius 1 is 1.14 bits per heavy atom. The van der Waals surface area contributed by atoms with Crippen LogP contribution in [0, 0.1) is 0 Å². The van der Waals surface area contributed by atoms with Crippen molar-refractivity contribution >= 4 is 28.3 Å². The molecule has 0 bridgehead atoms. The summed E-state index contributed by atoms with van der Waals surface area (Å²) in [7, 11) is 0. The number of nitrogens with one attached hydrogen (secondary N) is 1. The highest BCUT2D eigenvalue weighted by Crippen LogP contribution is 2.44. The molecule has 6 nitrogen and oxygen atoms in total. The third-order valence-corrected chi connectivity index (χ3v) is 5.81. The van der Waals surface area contributed by atoms with E-state index >= 15 is 0 Å². The molecule has 0 spiro atoms. The van der Waals surface area contributed by atoms with Crippen molar-refractivity contribution in [2.75, 3.05) is 13.2 Å². The molecular weight excluding hydrogens is 394 g/mol. The predicted octanol–water partition coefficient (Wildman–Crippen LogP) is 2.78. The Morgan fingerprint density at radius 3 is 2.62 bits per heavy atom. The minimum absolute atomic E-state index is 0.0786. The summed E-state index contributed by atoms with van der Waals surface area (Å²) in [4.78, 5) is 16.7. The number of rotatable bonds is 5. The topological polar surface area (TPSA) is 103 Å². The smallest absolute Gasteiger partial charge is 0.195 e. The molecule has 29 heavy (non-hydrogen) atoms. The third-order valence-electron chi connectivity index (χ3n) is 5.57. The van der Waals surface area contributed by atoms with E-state index in [2.05, 4.69) is 4.98 Å². The summed E-state index contributed by atoms with van der Waals surface area (Å²) >= 11 is 6.16. The van der Waals surface area contributed by atoms with Crippen LogP contribution < -0.4 is 4.74 Å². The minimum Gasteiger partial charge on any atom is -0.491 e. The Balaban J connectivity index is 1.74. The molecule has 0 radical (unpaired) electrons. The van der Waals surface area contributed by atoms with Gasteiger partial charge in [0.25, 0.3) is 0 Å². The summed E-state index contributed by atoms with van der Waals surface area (Å²) in [6.45, 7) is 3.33. The molecule has 2 atom stereocenters. The average Bonchev–Trinajstić information content (AvgIpc) is 3.09. The van der Waals surface area contributed by atoms with Crippen LogP contribution in [0.15, 0.2) is 36.4 Å². The van der Waals surface area contributed by atoms with Gasteiger partial charge in [-0.1, -0.05) is 25.4 Å². The number of carbonyl (C=O) groups excluding carboxylic acids is 1. The molecule has 2 aromatic carbocycles. The molecule has 152 valence electrons. The summed E-state index contributed by atoms with van der Waals surface area (Å²) in [6, 6.07) is 10.6. The fraction of sp³-hybridized carbons (Fsp3) is 0.318. The lowest BCUT2D eigenvalue weighted by atomic mass is 9.71. The second kappa shape index (κ2) is 7.15. The molecular formula is C22H22ClNO5. The van der Waals surface area contributed by atoms with Crippen molar-refractivity contribution in [1.29, 1.82) is 0 Å². The highest BCUT2D eigenvalue weighted by molar-refractivity contribution is 6.32. The second-order valence-electron chi connectivity index (χ2n) is 7.85. The number of benzene rings is 2. The third kappa shape index (κ3) is 3.22. The van der Waals surface area contributed by atoms with E-state index in [4.69, 9.17) is 21.4 Å². The van der Waals surface area contributed by atoms with Crippen LogP contribution in [0.1, 0.15) is 41.0 Å². The number of aromatic nitrogens is 1. The Morgan fingerprint density at radius 2 is 1.90 bits per heavy atom. The lowest BCUT2D eigenvalue weighted by Crippen LogP contribution is -2.34. The molecule has 0 saturated heterocycles. The molecule has 1 heterocycles. The zero-order chi connectivity index (χ0) is 20.9. The van der Waals surface area contributed by atoms with Crippen LogP contribution in [0.25, 0.3) is 10.9 Å². The van der Waals surface area contributed by atoms with E-state index in [9.17, 15) is 15.0 Å². The number of H-pyrrole nitrogens is 1. The quantitative estimate of drug-likeness (QED) is 0.513. The summed E-state index contributed by atoms with van der Waals surface area (Å²) in [6.07, 6.45) is -2.48. The Hall–Kier alpha value is -2.38. The maximum atomic E-state index is 13.3. The van der Waals surface area contributed by atoms with E-state index in [1.807, 2.05) is 19.9 Å². The minimum atomic E-state index is -1.27. The first-order valence-corrected chi connectivity index (χ1v) is 9.72. The first-order valence-electron chi connectivity index (χ1n) is 9.34. The van der Waals surface area contributed by atoms with Crippen LogP contribution in [0.4, 0.5) is 0 Å². The van der Waals surface area contributed by atoms with Gasteiger partial charge in [0.15, 0.2) is 5.78 Å². The fourth-order valence-electron chi connectivity index (χ4n) is 3.88. The van der Waals surface area contributed by atoms with E-state index in [1.165, 1.54) is 0 Å². The van der Waals surface area contributed by atoms with Gasteiger partial charge in [-0.3, -0.25) is 4.79 Å². The maximum Gasteiger partial charge on any atom is 0.195 e. The number of hydrogen-bond acceptors (Lipinski definition) is 5. The van der Waals surface area contributed by atoms with Crippen molar-refractivity contribution in [3.63, 3.8) is 0 Å². The van der Waals surface area contributed by atoms with Crippen LogP contribution in [-0.4, -0.2) is 51.5 Å². The molecule has 0 fully saturated rings. The van der Waals surface area contributed by atoms with Crippen molar-refractivity contribution in [3.8, 4) is 5.75 Å². The molecule has 0 amide bonds. The summed E-state index contributed by atoms with van der Waals surface area (Å²) < 4.78 is 5.59. The van der Waals surface area contributed by atoms with Crippen LogP contribution in [-0.2, 0) is 5.41 Å². The van der Waals surface area contributed by atoms with Crippen LogP contribution in [0.2, 0.25) is 5.02 Å². The van der Waals surface area contributed by atoms with Crippen molar-refractivity contribution in [3.05, 3.63) is 63.8 Å². The zero-order valence-corrected chi connectivity index (χ0v) is 16.8. The lowest BCUT2D eigenvalue weighted by molar-refractivity contribution is -0.0339. The molecule has 2 unspecified atom stereocenters. The van der Waals surface area contributed by atoms with Crippen molar-refractivity contribution in [2.45, 2.75) is 31.5 Å². The van der Waals surface area contributed by atoms with Gasteiger partial charge in [-0.15, -0.1) is 0 Å². The van der Waals surface area contributed by atoms with Gasteiger partial charge in [0.05, 0.1) is 12.2 Å². The number of hydrogen-bond donors (Lipinski definition) is 4. The first-order chi connectivity index (χ1) is 13.7. The van der Waals surface area contributed by atoms with Crippen LogP contribution in [0.5, 0.6) is 5.75 Å². The Bertz CT molecular complexity index is 1100. The normalized spacial score (nSPS) is 17.0. The number of fused-ring (bicyclic) bond motifs is 4. The lowest BCUT2D eigenvalue weighted by Gasteiger charge is -2.32. The molecule has 1 aromatic heterocycles. The molecule has 0 aliphatic heterocycles. The van der Waals surface area contributed by atoms with E-state index < -0.39 is 24.2 Å². The van der Waals surface area contributed by atoms with Crippen LogP contribution >= 0.6 is 11.6 Å². The van der Waals surface area contributed by atoms with E-state index in [0.717, 1.165) is 22.2 Å². The predicted molar refractivity (Wildman–Crippen MR) is 110 cm³/mol. The molecule has 7 heteroatoms. The van der Waals surface area contributed by atoms with Gasteiger partial charge in [-0.05, 0) is 42.0 Å². The Labute approximate surface area is 172 Å². The first kappa shape index (κ1) is 19.9. The van der Waals surface area contributed by atoms with Gasteiger partial charge in [-0.25, -0.2) is 0 Å². The van der Waals surface area contributed by atoms with E-state index in [1.54, 1.807) is 30.3 Å². The van der Waals surface area contributed by atoms with Crippen LogP contribution in [0.3, 0.4) is 0 Å². The molecule has 1 aliphatic carbocycles. The molecule has 3 aromatic rings. The van der Waals surface area contributed by atoms with Gasteiger partial charge < -0.3 is 25.0 Å². The van der Waals surface area contributed by atoms with E-state index in [0.29, 0.717) is 21.9 Å². The second-order valence-corrected chi connectivity index (χ2v) is 8.29. The average molecular weight is 416 g/mol. The number of aliphatic hydroxyl groups is 3. The van der Waals surface area contributed by atoms with Gasteiger partial charge in [0, 0.05) is 32.6 Å². The number of aliphatic hydroxyl groups excluding tert-OH is 3. The largest absolute Gasteiger partial charge is 0.491 e. The van der Waals surface area contributed by atoms with E-state index in [-0.39, 0.29) is 12.4 Å². The number of ether oxygens (including phenoxy) is 1. The van der Waals surface area contributed by atoms with Gasteiger partial charge in [0.2, 0.25) is 0 Å². The Kier molecular flexibility index (Phi) is 4.91. The summed E-state index contributed by atoms with van der Waals surface area (Å²) in [5, 5.41) is 29.6. The molecule has 0 saturated carbocycles. The van der Waals surface area contributed by atoms with Gasteiger partial charge >= 0.3 is 0 Å². The highest BCUT2D eigenvalue weighted by atomic mass is 35.5. The number of ketones is 1. The summed E-state index contributed by atoms with van der Waals surface area (Å²) in [5.74, 6) is 0.390. The molecule has 4 rings (SSSR count). The number of carbonyl (C=O) groups is 1. The molecule has 1 aliphatic rings. The monoisotopic (exact) mass is 415 g/mol. The fourth-order valence-corrected chi connectivity index (χ4v) is 4.05. The van der Waals surface area contributed by atoms with Gasteiger partial charge in [-0.2, -0.15) is 0 Å². The maximum absolute atomic E-state index is 13.3. The van der Waals surface area contributed by atoms with Crippen molar-refractivity contribution in [1.82, 2.24) is 4.98 Å².